The molecule has 0 aliphatic carbocycles. The van der Waals surface area contributed by atoms with Crippen LogP contribution in [0.2, 0.25) is 0 Å². The van der Waals surface area contributed by atoms with Crippen LogP contribution in [0.3, 0.4) is 0 Å². The van der Waals surface area contributed by atoms with Gasteiger partial charge in [0.1, 0.15) is 5.76 Å². The summed E-state index contributed by atoms with van der Waals surface area (Å²) < 4.78 is 4.53. The van der Waals surface area contributed by atoms with E-state index in [1.54, 1.807) is 25.1 Å². The number of carbonyl (C=O) groups excluding carboxylic acids is 2. The Morgan fingerprint density at radius 1 is 1.44 bits per heavy atom. The van der Waals surface area contributed by atoms with Gasteiger partial charge in [-0.2, -0.15) is 0 Å². The molecule has 1 aromatic rings. The quantitative estimate of drug-likeness (QED) is 0.344. The predicted molar refractivity (Wildman–Crippen MR) is 65.3 cm³/mol. The van der Waals surface area contributed by atoms with Gasteiger partial charge in [-0.15, -0.1) is 0 Å². The second kappa shape index (κ2) is 6.56. The van der Waals surface area contributed by atoms with Crippen LogP contribution < -0.4 is 5.73 Å². The Bertz CT molecular complexity index is 480. The number of ketones is 1. The molecule has 0 spiro atoms. The predicted octanol–water partition coefficient (Wildman–Crippen LogP) is 0.460. The van der Waals surface area contributed by atoms with E-state index in [0.29, 0.717) is 12.1 Å². The first kappa shape index (κ1) is 13.9. The van der Waals surface area contributed by atoms with Gasteiger partial charge in [-0.25, -0.2) is 4.79 Å². The fourth-order valence-corrected chi connectivity index (χ4v) is 1.35. The molecule has 0 unspecified atom stereocenters. The van der Waals surface area contributed by atoms with Crippen molar-refractivity contribution in [3.63, 3.8) is 0 Å². The largest absolute Gasteiger partial charge is 0.507 e. The monoisotopic (exact) mass is 250 g/mol. The van der Waals surface area contributed by atoms with Crippen LogP contribution in [0.15, 0.2) is 30.3 Å². The first-order valence-corrected chi connectivity index (χ1v) is 5.58. The van der Waals surface area contributed by atoms with Crippen molar-refractivity contribution >= 4 is 17.5 Å². The molecule has 1 aromatic carbocycles. The zero-order valence-electron chi connectivity index (χ0n) is 10.2. The van der Waals surface area contributed by atoms with Crippen LogP contribution in [0.5, 0.6) is 0 Å². The van der Waals surface area contributed by atoms with E-state index < -0.39 is 11.8 Å². The van der Waals surface area contributed by atoms with Gasteiger partial charge in [0.2, 0.25) is 0 Å². The van der Waals surface area contributed by atoms with Gasteiger partial charge in [0.05, 0.1) is 13.2 Å². The Balaban J connectivity index is 2.88. The summed E-state index contributed by atoms with van der Waals surface area (Å²) >= 11 is 0. The first-order valence-electron chi connectivity index (χ1n) is 5.58. The number of hydrogen-bond acceptors (Lipinski definition) is 4. The highest BCUT2D eigenvalue weighted by Crippen LogP contribution is 2.13. The first-order chi connectivity index (χ1) is 8.58. The molecular formula is C13H16NO4+. The molecule has 5 heteroatoms. The van der Waals surface area contributed by atoms with Crippen molar-refractivity contribution in [1.82, 2.24) is 0 Å². The maximum Gasteiger partial charge on any atom is 0.379 e. The van der Waals surface area contributed by atoms with Crippen molar-refractivity contribution in [3.05, 3.63) is 41.5 Å². The Kier molecular flexibility index (Phi) is 5.07. The number of benzene rings is 1. The topological polar surface area (TPSA) is 91.2 Å². The molecule has 1 rings (SSSR count). The summed E-state index contributed by atoms with van der Waals surface area (Å²) in [5.74, 6) is -2.12. The fourth-order valence-electron chi connectivity index (χ4n) is 1.35. The summed E-state index contributed by atoms with van der Waals surface area (Å²) in [6.45, 7) is 2.30. The van der Waals surface area contributed by atoms with Gasteiger partial charge in [0.25, 0.3) is 5.78 Å². The molecule has 18 heavy (non-hydrogen) atoms. The number of rotatable bonds is 5. The Hall–Kier alpha value is -2.14. The van der Waals surface area contributed by atoms with Gasteiger partial charge < -0.3 is 15.6 Å². The zero-order valence-corrected chi connectivity index (χ0v) is 10.2. The minimum Gasteiger partial charge on any atom is -0.507 e. The molecule has 5 nitrogen and oxygen atoms in total. The maximum atomic E-state index is 11.3. The van der Waals surface area contributed by atoms with Crippen LogP contribution in [-0.2, 0) is 20.9 Å². The van der Waals surface area contributed by atoms with E-state index in [-0.39, 0.29) is 12.4 Å². The van der Waals surface area contributed by atoms with Crippen molar-refractivity contribution in [2.75, 3.05) is 6.61 Å². The van der Waals surface area contributed by atoms with Crippen molar-refractivity contribution in [2.45, 2.75) is 13.5 Å². The van der Waals surface area contributed by atoms with E-state index in [9.17, 15) is 14.7 Å². The minimum atomic E-state index is -0.975. The van der Waals surface area contributed by atoms with Crippen LogP contribution >= 0.6 is 0 Å². The molecule has 0 fully saturated rings. The minimum absolute atomic E-state index is 0.121. The maximum absolute atomic E-state index is 11.3. The molecule has 0 atom stereocenters. The number of aliphatic hydroxyl groups excluding tert-OH is 1. The third-order valence-electron chi connectivity index (χ3n) is 2.26. The van der Waals surface area contributed by atoms with Crippen molar-refractivity contribution in [2.24, 2.45) is 0 Å². The van der Waals surface area contributed by atoms with Gasteiger partial charge >= 0.3 is 5.97 Å². The van der Waals surface area contributed by atoms with Gasteiger partial charge in [-0.05, 0) is 13.0 Å². The van der Waals surface area contributed by atoms with Gasteiger partial charge in [-0.3, -0.25) is 4.79 Å². The SMILES string of the molecule is CCOC(=O)C(=O)C=C(O)c1cccc(C[NH3+])c1. The Morgan fingerprint density at radius 2 is 2.17 bits per heavy atom. The Morgan fingerprint density at radius 3 is 2.78 bits per heavy atom. The van der Waals surface area contributed by atoms with Crippen molar-refractivity contribution in [1.29, 1.82) is 0 Å². The lowest BCUT2D eigenvalue weighted by Gasteiger charge is -2.02. The van der Waals surface area contributed by atoms with Crippen LogP contribution in [-0.4, -0.2) is 23.5 Å². The van der Waals surface area contributed by atoms with Gasteiger partial charge in [0, 0.05) is 17.2 Å². The molecule has 0 aliphatic heterocycles. The highest BCUT2D eigenvalue weighted by Gasteiger charge is 2.13. The number of ether oxygens (including phenoxy) is 1. The lowest BCUT2D eigenvalue weighted by molar-refractivity contribution is -0.386. The van der Waals surface area contributed by atoms with Crippen LogP contribution in [0.4, 0.5) is 0 Å². The van der Waals surface area contributed by atoms with Gasteiger partial charge in [-0.1, -0.05) is 18.2 Å². The zero-order chi connectivity index (χ0) is 13.5. The molecule has 0 heterocycles. The van der Waals surface area contributed by atoms with E-state index in [2.05, 4.69) is 10.5 Å². The smallest absolute Gasteiger partial charge is 0.379 e. The molecule has 0 amide bonds. The number of quaternary nitrogens is 1. The molecular weight excluding hydrogens is 234 g/mol. The lowest BCUT2D eigenvalue weighted by atomic mass is 10.1. The molecule has 96 valence electrons. The summed E-state index contributed by atoms with van der Waals surface area (Å²) in [5, 5.41) is 9.74. The van der Waals surface area contributed by atoms with Crippen LogP contribution in [0.25, 0.3) is 5.76 Å². The third kappa shape index (κ3) is 3.71. The third-order valence-corrected chi connectivity index (χ3v) is 2.26. The highest BCUT2D eigenvalue weighted by atomic mass is 16.5. The fraction of sp³-hybridized carbons (Fsp3) is 0.231. The molecule has 4 N–H and O–H groups in total. The van der Waals surface area contributed by atoms with E-state index in [4.69, 9.17) is 0 Å². The number of hydrogen-bond donors (Lipinski definition) is 2. The summed E-state index contributed by atoms with van der Waals surface area (Å²) in [4.78, 5) is 22.4. The number of esters is 1. The van der Waals surface area contributed by atoms with Crippen LogP contribution in [0.1, 0.15) is 18.1 Å². The molecule has 0 saturated heterocycles. The molecule has 0 bridgehead atoms. The van der Waals surface area contributed by atoms with E-state index in [0.717, 1.165) is 11.6 Å². The normalized spacial score (nSPS) is 11.1. The average Bonchev–Trinajstić information content (AvgIpc) is 2.39. The standard InChI is InChI=1S/C13H15NO4/c1-2-18-13(17)12(16)7-11(15)10-5-3-4-9(6-10)8-14/h3-7,15H,2,8,14H2,1H3/p+1. The van der Waals surface area contributed by atoms with Crippen molar-refractivity contribution in [3.8, 4) is 0 Å². The summed E-state index contributed by atoms with van der Waals surface area (Å²) in [6.07, 6.45) is 0.861. The van der Waals surface area contributed by atoms with E-state index in [1.165, 1.54) is 0 Å². The molecule has 0 saturated carbocycles. The van der Waals surface area contributed by atoms with E-state index >= 15 is 0 Å². The molecule has 0 radical (unpaired) electrons. The number of aliphatic hydroxyl groups is 1. The van der Waals surface area contributed by atoms with E-state index in [1.807, 2.05) is 6.07 Å². The summed E-state index contributed by atoms with van der Waals surface area (Å²) in [7, 11) is 0. The second-order valence-corrected chi connectivity index (χ2v) is 3.56. The molecule has 0 aliphatic rings. The van der Waals surface area contributed by atoms with Gasteiger partial charge in [0.15, 0.2) is 0 Å². The van der Waals surface area contributed by atoms with Crippen molar-refractivity contribution < 1.29 is 25.2 Å². The van der Waals surface area contributed by atoms with Crippen LogP contribution in [0, 0.1) is 0 Å². The average molecular weight is 250 g/mol. The molecule has 0 aromatic heterocycles. The number of carbonyl (C=O) groups is 2. The summed E-state index contributed by atoms with van der Waals surface area (Å²) in [6, 6.07) is 6.95. The second-order valence-electron chi connectivity index (χ2n) is 3.56. The highest BCUT2D eigenvalue weighted by molar-refractivity contribution is 6.39. The Labute approximate surface area is 105 Å². The summed E-state index contributed by atoms with van der Waals surface area (Å²) in [5.41, 5.74) is 5.12. The lowest BCUT2D eigenvalue weighted by Crippen LogP contribution is -2.47.